The molecule has 7 heavy (non-hydrogen) atoms. The molecule has 1 atom stereocenters. The summed E-state index contributed by atoms with van der Waals surface area (Å²) in [5, 5.41) is 5.45. The molecule has 0 bridgehead atoms. The smallest absolute Gasteiger partial charge is 0.0771 e. The second-order valence-corrected chi connectivity index (χ2v) is 1.69. The minimum absolute atomic E-state index is 0.315. The number of hydrazone groups is 1. The molecule has 0 aromatic rings. The summed E-state index contributed by atoms with van der Waals surface area (Å²) in [5.74, 6) is 0. The van der Waals surface area contributed by atoms with Crippen LogP contribution in [0.5, 0.6) is 0 Å². The molecule has 3 heteroatoms. The zero-order valence-electron chi connectivity index (χ0n) is 3.79. The average Bonchev–Trinajstić information content (AvgIpc) is 2.14. The van der Waals surface area contributed by atoms with Gasteiger partial charge in [-0.2, -0.15) is 5.10 Å². The lowest BCUT2D eigenvalue weighted by Gasteiger charge is -1.96. The molecule has 0 amide bonds. The van der Waals surface area contributed by atoms with E-state index < -0.39 is 0 Å². The van der Waals surface area contributed by atoms with Crippen molar-refractivity contribution in [2.24, 2.45) is 5.10 Å². The molecule has 0 aromatic heterocycles. The molecular formula is C4H6N2S. The van der Waals surface area contributed by atoms with Crippen LogP contribution in [0.4, 0.5) is 0 Å². The van der Waals surface area contributed by atoms with Crippen molar-refractivity contribution in [2.45, 2.75) is 12.5 Å². The number of rotatable bonds is 1. The summed E-state index contributed by atoms with van der Waals surface area (Å²) in [6.45, 7) is 0. The highest BCUT2D eigenvalue weighted by molar-refractivity contribution is 7.79. The molecular weight excluding hydrogens is 108 g/mol. The van der Waals surface area contributed by atoms with E-state index in [1.165, 1.54) is 0 Å². The Morgan fingerprint density at radius 2 is 2.86 bits per heavy atom. The third kappa shape index (κ3) is 0.962. The van der Waals surface area contributed by atoms with Crippen molar-refractivity contribution in [1.82, 2.24) is 5.43 Å². The van der Waals surface area contributed by atoms with Gasteiger partial charge in [-0.05, 0) is 0 Å². The first-order chi connectivity index (χ1) is 3.43. The summed E-state index contributed by atoms with van der Waals surface area (Å²) >= 11 is 4.64. The van der Waals surface area contributed by atoms with Gasteiger partial charge in [0.25, 0.3) is 0 Å². The van der Waals surface area contributed by atoms with E-state index in [1.54, 1.807) is 5.37 Å². The van der Waals surface area contributed by atoms with E-state index in [2.05, 4.69) is 22.7 Å². The Labute approximate surface area is 47.6 Å². The molecule has 2 nitrogen and oxygen atoms in total. The van der Waals surface area contributed by atoms with E-state index in [4.69, 9.17) is 0 Å². The third-order valence-corrected chi connectivity index (χ3v) is 1.18. The van der Waals surface area contributed by atoms with Crippen molar-refractivity contribution in [2.75, 3.05) is 0 Å². The number of nitrogens with one attached hydrogen (secondary N) is 1. The van der Waals surface area contributed by atoms with Crippen LogP contribution in [0, 0.1) is 0 Å². The minimum Gasteiger partial charge on any atom is -0.302 e. The van der Waals surface area contributed by atoms with Crippen molar-refractivity contribution in [3.63, 3.8) is 0 Å². The van der Waals surface area contributed by atoms with Gasteiger partial charge in [0.1, 0.15) is 0 Å². The summed E-state index contributed by atoms with van der Waals surface area (Å²) < 4.78 is 0. The van der Waals surface area contributed by atoms with E-state index in [0.717, 1.165) is 6.42 Å². The molecule has 0 aliphatic carbocycles. The van der Waals surface area contributed by atoms with E-state index in [9.17, 15) is 0 Å². The molecule has 0 spiro atoms. The number of nitrogens with zero attached hydrogens (tertiary/aromatic N) is 1. The maximum Gasteiger partial charge on any atom is 0.0771 e. The van der Waals surface area contributed by atoms with Gasteiger partial charge in [-0.25, -0.2) is 0 Å². The lowest BCUT2D eigenvalue weighted by Crippen LogP contribution is -2.18. The van der Waals surface area contributed by atoms with E-state index in [-0.39, 0.29) is 0 Å². The first-order valence-electron chi connectivity index (χ1n) is 2.16. The highest BCUT2D eigenvalue weighted by Crippen LogP contribution is 1.90. The molecule has 1 aliphatic heterocycles. The first-order valence-corrected chi connectivity index (χ1v) is 2.63. The second-order valence-electron chi connectivity index (χ2n) is 1.42. The lowest BCUT2D eigenvalue weighted by molar-refractivity contribution is 0.739. The number of thiocarbonyl (C=S) groups is 1. The van der Waals surface area contributed by atoms with Crippen LogP contribution in [0.1, 0.15) is 6.42 Å². The SMILES string of the molecule is S=CC1CC=NN1. The second kappa shape index (κ2) is 2.02. The van der Waals surface area contributed by atoms with Gasteiger partial charge < -0.3 is 5.43 Å². The van der Waals surface area contributed by atoms with Crippen LogP contribution in [0.3, 0.4) is 0 Å². The molecule has 38 valence electrons. The van der Waals surface area contributed by atoms with Gasteiger partial charge in [0.15, 0.2) is 0 Å². The Kier molecular flexibility index (Phi) is 1.36. The monoisotopic (exact) mass is 114 g/mol. The average molecular weight is 114 g/mol. The number of hydrogen-bond donors (Lipinski definition) is 1. The highest BCUT2D eigenvalue weighted by Gasteiger charge is 2.03. The fraction of sp³-hybridized carbons (Fsp3) is 0.500. The fourth-order valence-corrected chi connectivity index (χ4v) is 0.625. The Balaban J connectivity index is 2.35. The largest absolute Gasteiger partial charge is 0.302 e. The molecule has 0 radical (unpaired) electrons. The van der Waals surface area contributed by atoms with Crippen molar-refractivity contribution < 1.29 is 0 Å². The Morgan fingerprint density at radius 3 is 3.14 bits per heavy atom. The van der Waals surface area contributed by atoms with E-state index >= 15 is 0 Å². The molecule has 0 saturated carbocycles. The Morgan fingerprint density at radius 1 is 2.00 bits per heavy atom. The molecule has 1 heterocycles. The van der Waals surface area contributed by atoms with Crippen molar-refractivity contribution in [1.29, 1.82) is 0 Å². The maximum absolute atomic E-state index is 4.64. The zero-order chi connectivity index (χ0) is 5.11. The summed E-state index contributed by atoms with van der Waals surface area (Å²) in [5.41, 5.74) is 2.82. The molecule has 0 aromatic carbocycles. The fourth-order valence-electron chi connectivity index (χ4n) is 0.453. The first kappa shape index (κ1) is 4.71. The predicted octanol–water partition coefficient (Wildman–Crippen LogP) is 0.334. The summed E-state index contributed by atoms with van der Waals surface area (Å²) in [7, 11) is 0. The quantitative estimate of drug-likeness (QED) is 0.497. The van der Waals surface area contributed by atoms with Gasteiger partial charge in [0, 0.05) is 18.0 Å². The molecule has 1 rings (SSSR count). The minimum atomic E-state index is 0.315. The van der Waals surface area contributed by atoms with Crippen molar-refractivity contribution in [3.05, 3.63) is 0 Å². The zero-order valence-corrected chi connectivity index (χ0v) is 4.61. The normalized spacial score (nSPS) is 27.1. The summed E-state index contributed by atoms with van der Waals surface area (Å²) in [6, 6.07) is 0.315. The lowest BCUT2D eigenvalue weighted by atomic mass is 10.3. The topological polar surface area (TPSA) is 24.4 Å². The number of hydrogen-bond acceptors (Lipinski definition) is 3. The van der Waals surface area contributed by atoms with Crippen LogP contribution >= 0.6 is 12.2 Å². The van der Waals surface area contributed by atoms with Gasteiger partial charge in [0.05, 0.1) is 6.04 Å². The third-order valence-electron chi connectivity index (χ3n) is 0.855. The van der Waals surface area contributed by atoms with Gasteiger partial charge in [-0.3, -0.25) is 0 Å². The van der Waals surface area contributed by atoms with E-state index in [0.29, 0.717) is 6.04 Å². The highest BCUT2D eigenvalue weighted by atomic mass is 32.1. The molecule has 0 fully saturated rings. The van der Waals surface area contributed by atoms with Gasteiger partial charge in [0.2, 0.25) is 0 Å². The van der Waals surface area contributed by atoms with Crippen LogP contribution < -0.4 is 5.43 Å². The molecule has 1 N–H and O–H groups in total. The van der Waals surface area contributed by atoms with Crippen LogP contribution in [-0.4, -0.2) is 17.6 Å². The molecule has 1 aliphatic rings. The van der Waals surface area contributed by atoms with Crippen LogP contribution in [0.2, 0.25) is 0 Å². The predicted molar refractivity (Wildman–Crippen MR) is 33.7 cm³/mol. The standard InChI is InChI=1S/C4H6N2S/c7-3-4-1-2-5-6-4/h2-4,6H,1H2. The maximum atomic E-state index is 4.64. The van der Waals surface area contributed by atoms with Crippen molar-refractivity contribution >= 4 is 23.8 Å². The van der Waals surface area contributed by atoms with Gasteiger partial charge >= 0.3 is 0 Å². The molecule has 1 unspecified atom stereocenters. The summed E-state index contributed by atoms with van der Waals surface area (Å²) in [6.07, 6.45) is 2.77. The Bertz CT molecular complexity index is 91.9. The van der Waals surface area contributed by atoms with Crippen molar-refractivity contribution in [3.8, 4) is 0 Å². The van der Waals surface area contributed by atoms with Crippen LogP contribution in [-0.2, 0) is 0 Å². The van der Waals surface area contributed by atoms with Gasteiger partial charge in [-0.15, -0.1) is 0 Å². The van der Waals surface area contributed by atoms with Gasteiger partial charge in [-0.1, -0.05) is 12.2 Å². The van der Waals surface area contributed by atoms with Crippen LogP contribution in [0.15, 0.2) is 5.10 Å². The van der Waals surface area contributed by atoms with E-state index in [1.807, 2.05) is 6.21 Å². The Hall–Kier alpha value is -0.440. The summed E-state index contributed by atoms with van der Waals surface area (Å²) in [4.78, 5) is 0. The molecule has 0 saturated heterocycles. The van der Waals surface area contributed by atoms with Crippen LogP contribution in [0.25, 0.3) is 0 Å².